The van der Waals surface area contributed by atoms with Crippen LogP contribution in [0.2, 0.25) is 5.02 Å². The van der Waals surface area contributed by atoms with Gasteiger partial charge in [-0.05, 0) is 37.1 Å². The van der Waals surface area contributed by atoms with Crippen molar-refractivity contribution in [2.24, 2.45) is 0 Å². The van der Waals surface area contributed by atoms with Gasteiger partial charge in [-0.3, -0.25) is 4.79 Å². The van der Waals surface area contributed by atoms with Gasteiger partial charge >= 0.3 is 0 Å². The molecule has 4 heteroatoms. The first-order valence-electron chi connectivity index (χ1n) is 6.40. The maximum atomic E-state index is 12.5. The predicted molar refractivity (Wildman–Crippen MR) is 74.2 cm³/mol. The van der Waals surface area contributed by atoms with E-state index in [1.807, 2.05) is 24.0 Å². The highest BCUT2D eigenvalue weighted by Crippen LogP contribution is 2.18. The van der Waals surface area contributed by atoms with Crippen LogP contribution < -0.4 is 5.32 Å². The molecule has 1 fully saturated rings. The van der Waals surface area contributed by atoms with Crippen LogP contribution in [0.25, 0.3) is 0 Å². The molecule has 1 amide bonds. The second-order valence-corrected chi connectivity index (χ2v) is 5.26. The lowest BCUT2D eigenvalue weighted by Gasteiger charge is -2.38. The Balaban J connectivity index is 2.21. The average molecular weight is 267 g/mol. The zero-order chi connectivity index (χ0) is 13.1. The summed E-state index contributed by atoms with van der Waals surface area (Å²) in [6.45, 7) is 6.64. The summed E-state index contributed by atoms with van der Waals surface area (Å²) in [6, 6.07) is 5.86. The smallest absolute Gasteiger partial charge is 0.254 e. The number of carbonyl (C=O) groups excluding carboxylic acids is 1. The Bertz CT molecular complexity index is 423. The van der Waals surface area contributed by atoms with E-state index in [-0.39, 0.29) is 5.91 Å². The zero-order valence-electron chi connectivity index (χ0n) is 10.9. The second-order valence-electron chi connectivity index (χ2n) is 4.83. The molecule has 1 aliphatic heterocycles. The summed E-state index contributed by atoms with van der Waals surface area (Å²) in [7, 11) is 0. The fourth-order valence-electron chi connectivity index (χ4n) is 2.21. The van der Waals surface area contributed by atoms with Gasteiger partial charge in [0.1, 0.15) is 0 Å². The molecule has 1 N–H and O–H groups in total. The van der Waals surface area contributed by atoms with Gasteiger partial charge in [0.15, 0.2) is 0 Å². The molecule has 1 aromatic rings. The van der Waals surface area contributed by atoms with Gasteiger partial charge in [-0.1, -0.05) is 18.5 Å². The molecule has 0 aromatic heterocycles. The van der Waals surface area contributed by atoms with E-state index in [0.29, 0.717) is 16.6 Å². The summed E-state index contributed by atoms with van der Waals surface area (Å²) in [6.07, 6.45) is 0.974. The van der Waals surface area contributed by atoms with Gasteiger partial charge < -0.3 is 10.2 Å². The van der Waals surface area contributed by atoms with Crippen LogP contribution in [-0.4, -0.2) is 36.5 Å². The lowest BCUT2D eigenvalue weighted by molar-refractivity contribution is 0.0615. The van der Waals surface area contributed by atoms with Gasteiger partial charge in [-0.25, -0.2) is 0 Å². The summed E-state index contributed by atoms with van der Waals surface area (Å²) in [5.74, 6) is 0.0916. The fourth-order valence-corrected chi connectivity index (χ4v) is 2.50. The Kier molecular flexibility index (Phi) is 4.25. The Hall–Kier alpha value is -1.06. The minimum Gasteiger partial charge on any atom is -0.333 e. The highest BCUT2D eigenvalue weighted by atomic mass is 35.5. The van der Waals surface area contributed by atoms with Crippen LogP contribution >= 0.6 is 11.6 Å². The molecule has 0 atom stereocenters. The SMILES string of the molecule is CCCN(C(=O)c1cc(C)cc(Cl)c1)C1CNC1. The topological polar surface area (TPSA) is 32.3 Å². The number of rotatable bonds is 4. The quantitative estimate of drug-likeness (QED) is 0.908. The molecule has 3 nitrogen and oxygen atoms in total. The van der Waals surface area contributed by atoms with Crippen LogP contribution in [-0.2, 0) is 0 Å². The van der Waals surface area contributed by atoms with Crippen molar-refractivity contribution in [3.63, 3.8) is 0 Å². The van der Waals surface area contributed by atoms with E-state index in [1.165, 1.54) is 0 Å². The van der Waals surface area contributed by atoms with Crippen LogP contribution in [0.5, 0.6) is 0 Å². The first-order valence-corrected chi connectivity index (χ1v) is 6.78. The number of amides is 1. The molecule has 98 valence electrons. The Morgan fingerprint density at radius 3 is 2.67 bits per heavy atom. The van der Waals surface area contributed by atoms with E-state index in [1.54, 1.807) is 6.07 Å². The highest BCUT2D eigenvalue weighted by molar-refractivity contribution is 6.31. The molecule has 0 bridgehead atoms. The van der Waals surface area contributed by atoms with E-state index in [9.17, 15) is 4.79 Å². The normalized spacial score (nSPS) is 15.3. The monoisotopic (exact) mass is 266 g/mol. The molecular weight excluding hydrogens is 248 g/mol. The zero-order valence-corrected chi connectivity index (χ0v) is 11.6. The number of halogens is 1. The minimum atomic E-state index is 0.0916. The van der Waals surface area contributed by atoms with E-state index in [0.717, 1.165) is 31.6 Å². The van der Waals surface area contributed by atoms with Crippen molar-refractivity contribution in [2.75, 3.05) is 19.6 Å². The number of hydrogen-bond donors (Lipinski definition) is 1. The number of nitrogens with zero attached hydrogens (tertiary/aromatic N) is 1. The molecule has 1 saturated heterocycles. The third kappa shape index (κ3) is 2.85. The number of nitrogens with one attached hydrogen (secondary N) is 1. The van der Waals surface area contributed by atoms with Gasteiger partial charge in [0.2, 0.25) is 0 Å². The summed E-state index contributed by atoms with van der Waals surface area (Å²) in [5, 5.41) is 3.84. The molecule has 1 heterocycles. The van der Waals surface area contributed by atoms with Gasteiger partial charge in [0.25, 0.3) is 5.91 Å². The molecule has 0 aliphatic carbocycles. The van der Waals surface area contributed by atoms with Crippen molar-refractivity contribution in [2.45, 2.75) is 26.3 Å². The third-order valence-corrected chi connectivity index (χ3v) is 3.43. The number of aryl methyl sites for hydroxylation is 1. The van der Waals surface area contributed by atoms with Crippen LogP contribution in [0.15, 0.2) is 18.2 Å². The van der Waals surface area contributed by atoms with Crippen molar-refractivity contribution in [3.05, 3.63) is 34.3 Å². The van der Waals surface area contributed by atoms with Crippen LogP contribution in [0.3, 0.4) is 0 Å². The number of hydrogen-bond acceptors (Lipinski definition) is 2. The molecule has 0 unspecified atom stereocenters. The maximum absolute atomic E-state index is 12.5. The van der Waals surface area contributed by atoms with Crippen LogP contribution in [0.1, 0.15) is 29.3 Å². The molecule has 0 spiro atoms. The van der Waals surface area contributed by atoms with E-state index in [2.05, 4.69) is 12.2 Å². The summed E-state index contributed by atoms with van der Waals surface area (Å²) in [4.78, 5) is 14.5. The van der Waals surface area contributed by atoms with Crippen molar-refractivity contribution in [1.82, 2.24) is 10.2 Å². The Morgan fingerprint density at radius 2 is 2.17 bits per heavy atom. The third-order valence-electron chi connectivity index (χ3n) is 3.22. The molecular formula is C14H19ClN2O. The fraction of sp³-hybridized carbons (Fsp3) is 0.500. The predicted octanol–water partition coefficient (Wildman–Crippen LogP) is 2.47. The molecule has 0 saturated carbocycles. The molecule has 1 aromatic carbocycles. The van der Waals surface area contributed by atoms with Crippen molar-refractivity contribution >= 4 is 17.5 Å². The standard InChI is InChI=1S/C14H19ClN2O/c1-3-4-17(13-8-16-9-13)14(18)11-5-10(2)6-12(15)7-11/h5-7,13,16H,3-4,8-9H2,1-2H3. The van der Waals surface area contributed by atoms with Gasteiger partial charge in [-0.15, -0.1) is 0 Å². The Morgan fingerprint density at radius 1 is 1.44 bits per heavy atom. The van der Waals surface area contributed by atoms with E-state index < -0.39 is 0 Å². The number of carbonyl (C=O) groups is 1. The molecule has 1 aliphatic rings. The highest BCUT2D eigenvalue weighted by Gasteiger charge is 2.28. The van der Waals surface area contributed by atoms with Crippen molar-refractivity contribution < 1.29 is 4.79 Å². The number of benzene rings is 1. The van der Waals surface area contributed by atoms with E-state index >= 15 is 0 Å². The molecule has 2 rings (SSSR count). The minimum absolute atomic E-state index is 0.0916. The maximum Gasteiger partial charge on any atom is 0.254 e. The lowest BCUT2D eigenvalue weighted by Crippen LogP contribution is -2.59. The summed E-state index contributed by atoms with van der Waals surface area (Å²) >= 11 is 6.02. The second kappa shape index (κ2) is 5.72. The van der Waals surface area contributed by atoms with Gasteiger partial charge in [0, 0.05) is 30.2 Å². The summed E-state index contributed by atoms with van der Waals surface area (Å²) in [5.41, 5.74) is 1.72. The molecule has 18 heavy (non-hydrogen) atoms. The first kappa shape index (κ1) is 13.4. The average Bonchev–Trinajstić information content (AvgIpc) is 2.23. The van der Waals surface area contributed by atoms with Gasteiger partial charge in [0.05, 0.1) is 6.04 Å². The lowest BCUT2D eigenvalue weighted by atomic mass is 10.1. The van der Waals surface area contributed by atoms with Gasteiger partial charge in [-0.2, -0.15) is 0 Å². The molecule has 0 radical (unpaired) electrons. The summed E-state index contributed by atoms with van der Waals surface area (Å²) < 4.78 is 0. The first-order chi connectivity index (χ1) is 8.61. The van der Waals surface area contributed by atoms with E-state index in [4.69, 9.17) is 11.6 Å². The van der Waals surface area contributed by atoms with Crippen LogP contribution in [0, 0.1) is 6.92 Å². The Labute approximate surface area is 113 Å². The van der Waals surface area contributed by atoms with Crippen LogP contribution in [0.4, 0.5) is 0 Å². The van der Waals surface area contributed by atoms with Crippen molar-refractivity contribution in [1.29, 1.82) is 0 Å². The largest absolute Gasteiger partial charge is 0.333 e. The van der Waals surface area contributed by atoms with Crippen molar-refractivity contribution in [3.8, 4) is 0 Å².